The van der Waals surface area contributed by atoms with Gasteiger partial charge in [0.25, 0.3) is 5.91 Å². The van der Waals surface area contributed by atoms with Crippen molar-refractivity contribution in [1.29, 1.82) is 0 Å². The fourth-order valence-corrected chi connectivity index (χ4v) is 4.74. The molecule has 3 aromatic rings. The predicted octanol–water partition coefficient (Wildman–Crippen LogP) is 4.96. The van der Waals surface area contributed by atoms with Gasteiger partial charge in [-0.1, -0.05) is 13.0 Å². The van der Waals surface area contributed by atoms with Gasteiger partial charge in [-0.25, -0.2) is 14.4 Å². The van der Waals surface area contributed by atoms with Gasteiger partial charge in [0.2, 0.25) is 5.95 Å². The third kappa shape index (κ3) is 4.12. The molecule has 1 N–H and O–H groups in total. The van der Waals surface area contributed by atoms with Crippen molar-refractivity contribution in [3.05, 3.63) is 64.9 Å². The Kier molecular flexibility index (Phi) is 5.64. The van der Waals surface area contributed by atoms with E-state index in [4.69, 9.17) is 4.98 Å². The highest BCUT2D eigenvalue weighted by atomic mass is 19.1. The number of aryl methyl sites for hydroxylation is 2. The van der Waals surface area contributed by atoms with Crippen LogP contribution in [0.15, 0.2) is 36.7 Å². The molecule has 6 nitrogen and oxygen atoms in total. The van der Waals surface area contributed by atoms with E-state index in [2.05, 4.69) is 10.3 Å². The van der Waals surface area contributed by atoms with E-state index < -0.39 is 0 Å². The molecule has 0 radical (unpaired) electrons. The van der Waals surface area contributed by atoms with Crippen molar-refractivity contribution >= 4 is 11.9 Å². The molecule has 1 fully saturated rings. The van der Waals surface area contributed by atoms with Crippen molar-refractivity contribution in [2.24, 2.45) is 0 Å². The third-order valence-corrected chi connectivity index (χ3v) is 6.94. The number of nitrogens with zero attached hydrogens (tertiary/aromatic N) is 4. The number of anilines is 1. The van der Waals surface area contributed by atoms with Gasteiger partial charge in [-0.05, 0) is 74.4 Å². The van der Waals surface area contributed by atoms with Crippen molar-refractivity contribution in [2.45, 2.75) is 71.6 Å². The number of hydrogen-bond donors (Lipinski definition) is 1. The SMILES string of the molecule is CCc1ccc(F)cc1CN1C(=O)c2cc(-c3nc(NC4CCC4)ncc3C)cn2CC1C. The summed E-state index contributed by atoms with van der Waals surface area (Å²) < 4.78 is 15.9. The van der Waals surface area contributed by atoms with Crippen LogP contribution in [-0.2, 0) is 19.5 Å². The smallest absolute Gasteiger partial charge is 0.271 e. The van der Waals surface area contributed by atoms with Crippen LogP contribution in [0.25, 0.3) is 11.3 Å². The first-order valence-corrected chi connectivity index (χ1v) is 11.8. The molecular weight excluding hydrogens is 417 g/mol. The van der Waals surface area contributed by atoms with Crippen LogP contribution >= 0.6 is 0 Å². The molecule has 1 aromatic carbocycles. The lowest BCUT2D eigenvalue weighted by atomic mass is 9.93. The number of rotatable bonds is 6. The topological polar surface area (TPSA) is 63.1 Å². The third-order valence-electron chi connectivity index (χ3n) is 6.94. The standard InChI is InChI=1S/C26H30FN5O/c1-4-18-8-9-21(27)10-19(18)15-32-17(3)13-31-14-20(11-23(31)25(32)33)24-16(2)12-28-26(30-24)29-22-6-5-7-22/h8-12,14,17,22H,4-7,13,15H2,1-3H3,(H,28,29,30). The van der Waals surface area contributed by atoms with Crippen molar-refractivity contribution in [1.82, 2.24) is 19.4 Å². The lowest BCUT2D eigenvalue weighted by Gasteiger charge is -2.35. The zero-order chi connectivity index (χ0) is 23.1. The summed E-state index contributed by atoms with van der Waals surface area (Å²) in [6, 6.07) is 7.24. The summed E-state index contributed by atoms with van der Waals surface area (Å²) in [6.07, 6.45) is 8.21. The number of fused-ring (bicyclic) bond motifs is 1. The fraction of sp³-hybridized carbons (Fsp3) is 0.423. The number of nitrogens with one attached hydrogen (secondary N) is 1. The first kappa shape index (κ1) is 21.6. The van der Waals surface area contributed by atoms with Gasteiger partial charge in [-0.2, -0.15) is 0 Å². The minimum absolute atomic E-state index is 0.000522. The zero-order valence-corrected chi connectivity index (χ0v) is 19.4. The monoisotopic (exact) mass is 447 g/mol. The van der Waals surface area contributed by atoms with Crippen molar-refractivity contribution in [3.63, 3.8) is 0 Å². The highest BCUT2D eigenvalue weighted by Gasteiger charge is 2.31. The Balaban J connectivity index is 1.43. The molecular formula is C26H30FN5O. The molecule has 1 amide bonds. The molecule has 5 rings (SSSR count). The molecule has 2 aromatic heterocycles. The molecule has 0 bridgehead atoms. The van der Waals surface area contributed by atoms with Crippen LogP contribution < -0.4 is 5.32 Å². The first-order chi connectivity index (χ1) is 15.9. The molecule has 0 spiro atoms. The Morgan fingerprint density at radius 2 is 2.03 bits per heavy atom. The molecule has 33 heavy (non-hydrogen) atoms. The summed E-state index contributed by atoms with van der Waals surface area (Å²) in [5, 5.41) is 3.41. The predicted molar refractivity (Wildman–Crippen MR) is 127 cm³/mol. The van der Waals surface area contributed by atoms with Gasteiger partial charge in [-0.15, -0.1) is 0 Å². The molecule has 1 atom stereocenters. The van der Waals surface area contributed by atoms with Gasteiger partial charge in [0.1, 0.15) is 11.5 Å². The van der Waals surface area contributed by atoms with Gasteiger partial charge < -0.3 is 14.8 Å². The zero-order valence-electron chi connectivity index (χ0n) is 19.4. The van der Waals surface area contributed by atoms with E-state index in [9.17, 15) is 9.18 Å². The van der Waals surface area contributed by atoms with Gasteiger partial charge in [0.15, 0.2) is 0 Å². The average Bonchev–Trinajstić information content (AvgIpc) is 3.18. The molecule has 1 aliphatic heterocycles. The molecule has 1 aliphatic carbocycles. The quantitative estimate of drug-likeness (QED) is 0.580. The van der Waals surface area contributed by atoms with E-state index in [1.54, 1.807) is 6.07 Å². The van der Waals surface area contributed by atoms with Crippen molar-refractivity contribution in [3.8, 4) is 11.3 Å². The number of carbonyl (C=O) groups is 1. The molecule has 2 aliphatic rings. The van der Waals surface area contributed by atoms with Crippen LogP contribution in [0.2, 0.25) is 0 Å². The van der Waals surface area contributed by atoms with E-state index in [0.717, 1.165) is 47.2 Å². The van der Waals surface area contributed by atoms with E-state index >= 15 is 0 Å². The Bertz CT molecular complexity index is 1200. The maximum Gasteiger partial charge on any atom is 0.271 e. The highest BCUT2D eigenvalue weighted by Crippen LogP contribution is 2.30. The second-order valence-corrected chi connectivity index (χ2v) is 9.31. The van der Waals surface area contributed by atoms with Gasteiger partial charge >= 0.3 is 0 Å². The number of benzene rings is 1. The molecule has 3 heterocycles. The van der Waals surface area contributed by atoms with Gasteiger partial charge in [0, 0.05) is 43.1 Å². The molecule has 1 saturated carbocycles. The van der Waals surface area contributed by atoms with Gasteiger partial charge in [0.05, 0.1) is 5.69 Å². The average molecular weight is 448 g/mol. The Morgan fingerprint density at radius 3 is 2.76 bits per heavy atom. The minimum atomic E-state index is -0.268. The summed E-state index contributed by atoms with van der Waals surface area (Å²) in [7, 11) is 0. The van der Waals surface area contributed by atoms with Crippen LogP contribution in [0.3, 0.4) is 0 Å². The summed E-state index contributed by atoms with van der Waals surface area (Å²) in [5.74, 6) is 0.338. The van der Waals surface area contributed by atoms with Crippen LogP contribution in [0.1, 0.15) is 60.3 Å². The summed E-state index contributed by atoms with van der Waals surface area (Å²) in [4.78, 5) is 24.5. The summed E-state index contributed by atoms with van der Waals surface area (Å²) in [5.41, 5.74) is 5.33. The molecule has 7 heteroatoms. The van der Waals surface area contributed by atoms with Crippen LogP contribution in [0, 0.1) is 12.7 Å². The maximum absolute atomic E-state index is 13.9. The second-order valence-electron chi connectivity index (χ2n) is 9.31. The second kappa shape index (κ2) is 8.61. The lowest BCUT2D eigenvalue weighted by molar-refractivity contribution is 0.0595. The minimum Gasteiger partial charge on any atom is -0.351 e. The number of carbonyl (C=O) groups excluding carboxylic acids is 1. The van der Waals surface area contributed by atoms with Crippen LogP contribution in [-0.4, -0.2) is 37.4 Å². The normalized spacial score (nSPS) is 18.2. The fourth-order valence-electron chi connectivity index (χ4n) is 4.74. The number of aromatic nitrogens is 3. The highest BCUT2D eigenvalue weighted by molar-refractivity contribution is 5.95. The largest absolute Gasteiger partial charge is 0.351 e. The van der Waals surface area contributed by atoms with Crippen LogP contribution in [0.4, 0.5) is 10.3 Å². The number of halogens is 1. The first-order valence-electron chi connectivity index (χ1n) is 11.8. The van der Waals surface area contributed by atoms with Crippen molar-refractivity contribution < 1.29 is 9.18 Å². The van der Waals surface area contributed by atoms with Crippen molar-refractivity contribution in [2.75, 3.05) is 5.32 Å². The van der Waals surface area contributed by atoms with E-state index in [-0.39, 0.29) is 17.8 Å². The van der Waals surface area contributed by atoms with E-state index in [1.165, 1.54) is 12.5 Å². The molecule has 0 saturated heterocycles. The van der Waals surface area contributed by atoms with E-state index in [0.29, 0.717) is 30.8 Å². The summed E-state index contributed by atoms with van der Waals surface area (Å²) >= 11 is 0. The van der Waals surface area contributed by atoms with E-state index in [1.807, 2.05) is 54.8 Å². The Morgan fingerprint density at radius 1 is 1.21 bits per heavy atom. The molecule has 1 unspecified atom stereocenters. The lowest BCUT2D eigenvalue weighted by Crippen LogP contribution is -2.45. The number of amides is 1. The maximum atomic E-state index is 13.9. The van der Waals surface area contributed by atoms with Crippen LogP contribution in [0.5, 0.6) is 0 Å². The van der Waals surface area contributed by atoms with Gasteiger partial charge in [-0.3, -0.25) is 4.79 Å². The Labute approximate surface area is 193 Å². The summed E-state index contributed by atoms with van der Waals surface area (Å²) in [6.45, 7) is 7.18. The number of hydrogen-bond acceptors (Lipinski definition) is 4. The molecule has 172 valence electrons. The Hall–Kier alpha value is -3.22.